The Kier molecular flexibility index (Phi) is 4.14. The van der Waals surface area contributed by atoms with Crippen molar-refractivity contribution in [2.45, 2.75) is 6.61 Å². The van der Waals surface area contributed by atoms with Gasteiger partial charge in [0, 0.05) is 23.8 Å². The van der Waals surface area contributed by atoms with Gasteiger partial charge in [-0.15, -0.1) is 0 Å². The summed E-state index contributed by atoms with van der Waals surface area (Å²) in [7, 11) is 0. The number of benzene rings is 2. The molecule has 2 rings (SSSR count). The van der Waals surface area contributed by atoms with E-state index in [9.17, 15) is 8.78 Å². The van der Waals surface area contributed by atoms with Crippen molar-refractivity contribution in [3.8, 4) is 5.75 Å². The number of nitrogens with two attached hydrogens (primary N) is 1. The summed E-state index contributed by atoms with van der Waals surface area (Å²) in [5, 5.41) is 11.5. The summed E-state index contributed by atoms with van der Waals surface area (Å²) in [5.74, 6) is -1.34. The van der Waals surface area contributed by atoms with Gasteiger partial charge < -0.3 is 15.7 Å². The third-order valence-corrected chi connectivity index (χ3v) is 2.57. The van der Waals surface area contributed by atoms with E-state index in [1.165, 1.54) is 0 Å². The van der Waals surface area contributed by atoms with E-state index in [0.717, 1.165) is 23.8 Å². The monoisotopic (exact) mass is 278 g/mol. The highest BCUT2D eigenvalue weighted by molar-refractivity contribution is 5.97. The Morgan fingerprint density at radius 2 is 1.85 bits per heavy atom. The molecule has 0 spiro atoms. The summed E-state index contributed by atoms with van der Waals surface area (Å²) < 4.78 is 31.3. The fourth-order valence-corrected chi connectivity index (χ4v) is 1.66. The number of hydrogen-bond acceptors (Lipinski definition) is 3. The van der Waals surface area contributed by atoms with Gasteiger partial charge in [-0.3, -0.25) is 0 Å². The second-order valence-corrected chi connectivity index (χ2v) is 4.08. The molecular formula is C14H12F2N2O2. The molecule has 3 N–H and O–H groups in total. The van der Waals surface area contributed by atoms with Crippen molar-refractivity contribution in [1.29, 1.82) is 0 Å². The van der Waals surface area contributed by atoms with Gasteiger partial charge >= 0.3 is 0 Å². The molecule has 20 heavy (non-hydrogen) atoms. The van der Waals surface area contributed by atoms with Crippen LogP contribution in [-0.2, 0) is 6.61 Å². The van der Waals surface area contributed by atoms with Crippen LogP contribution in [0.3, 0.4) is 0 Å². The summed E-state index contributed by atoms with van der Waals surface area (Å²) >= 11 is 0. The third kappa shape index (κ3) is 3.44. The van der Waals surface area contributed by atoms with Crippen LogP contribution in [0.4, 0.5) is 8.78 Å². The van der Waals surface area contributed by atoms with Crippen molar-refractivity contribution in [3.05, 3.63) is 65.2 Å². The lowest BCUT2D eigenvalue weighted by Crippen LogP contribution is -2.13. The predicted octanol–water partition coefficient (Wildman–Crippen LogP) is 2.64. The smallest absolute Gasteiger partial charge is 0.170 e. The van der Waals surface area contributed by atoms with Crippen LogP contribution < -0.4 is 10.5 Å². The molecule has 104 valence electrons. The van der Waals surface area contributed by atoms with E-state index in [2.05, 4.69) is 5.16 Å². The molecule has 2 aromatic carbocycles. The fraction of sp³-hybridized carbons (Fsp3) is 0.0714. The van der Waals surface area contributed by atoms with Gasteiger partial charge in [0.2, 0.25) is 0 Å². The van der Waals surface area contributed by atoms with Crippen LogP contribution in [0.15, 0.2) is 47.6 Å². The van der Waals surface area contributed by atoms with Gasteiger partial charge in [-0.2, -0.15) is 0 Å². The number of rotatable bonds is 4. The molecular weight excluding hydrogens is 266 g/mol. The average Bonchev–Trinajstić information content (AvgIpc) is 2.43. The maximum Gasteiger partial charge on any atom is 0.170 e. The first-order chi connectivity index (χ1) is 9.58. The van der Waals surface area contributed by atoms with Crippen molar-refractivity contribution in [2.24, 2.45) is 10.9 Å². The summed E-state index contributed by atoms with van der Waals surface area (Å²) in [6.07, 6.45) is 0. The van der Waals surface area contributed by atoms with Gasteiger partial charge in [0.15, 0.2) is 5.84 Å². The number of nitrogens with zero attached hydrogens (tertiary/aromatic N) is 1. The highest BCUT2D eigenvalue weighted by Crippen LogP contribution is 2.17. The molecule has 0 amide bonds. The van der Waals surface area contributed by atoms with Gasteiger partial charge in [-0.05, 0) is 11.6 Å². The number of ether oxygens (including phenoxy) is 1. The van der Waals surface area contributed by atoms with Crippen LogP contribution in [0.5, 0.6) is 5.75 Å². The molecule has 0 atom stereocenters. The lowest BCUT2D eigenvalue weighted by molar-refractivity contribution is 0.302. The summed E-state index contributed by atoms with van der Waals surface area (Å²) in [5.41, 5.74) is 6.72. The van der Waals surface area contributed by atoms with Crippen molar-refractivity contribution in [1.82, 2.24) is 0 Å². The van der Waals surface area contributed by atoms with E-state index >= 15 is 0 Å². The van der Waals surface area contributed by atoms with Crippen LogP contribution in [0.25, 0.3) is 0 Å². The lowest BCUT2D eigenvalue weighted by atomic mass is 10.1. The first-order valence-electron chi connectivity index (χ1n) is 5.74. The van der Waals surface area contributed by atoms with E-state index in [1.54, 1.807) is 24.3 Å². The first kappa shape index (κ1) is 13.8. The van der Waals surface area contributed by atoms with Crippen molar-refractivity contribution in [2.75, 3.05) is 0 Å². The molecule has 0 radical (unpaired) electrons. The Bertz CT molecular complexity index is 625. The van der Waals surface area contributed by atoms with E-state index < -0.39 is 11.6 Å². The van der Waals surface area contributed by atoms with Crippen molar-refractivity contribution in [3.63, 3.8) is 0 Å². The molecule has 0 heterocycles. The van der Waals surface area contributed by atoms with Crippen LogP contribution in [-0.4, -0.2) is 11.0 Å². The Morgan fingerprint density at radius 3 is 2.50 bits per heavy atom. The van der Waals surface area contributed by atoms with Gasteiger partial charge in [-0.25, -0.2) is 8.78 Å². The molecule has 0 aliphatic heterocycles. The lowest BCUT2D eigenvalue weighted by Gasteiger charge is -2.08. The molecule has 2 aromatic rings. The van der Waals surface area contributed by atoms with E-state index in [-0.39, 0.29) is 18.2 Å². The second-order valence-electron chi connectivity index (χ2n) is 4.08. The highest BCUT2D eigenvalue weighted by Gasteiger charge is 2.04. The standard InChI is InChI=1S/C14H12F2N2O2/c15-11-5-12(16)7-13(6-11)20-8-9-2-1-3-10(4-9)14(17)18-19/h1-7,19H,8H2,(H2,17,18). The average molecular weight is 278 g/mol. The number of hydrogen-bond donors (Lipinski definition) is 2. The van der Waals surface area contributed by atoms with Gasteiger partial charge in [0.05, 0.1) is 0 Å². The Labute approximate surface area is 114 Å². The molecule has 0 aliphatic rings. The molecule has 6 heteroatoms. The van der Waals surface area contributed by atoms with Crippen LogP contribution in [0.1, 0.15) is 11.1 Å². The van der Waals surface area contributed by atoms with Gasteiger partial charge in [0.1, 0.15) is 24.0 Å². The zero-order chi connectivity index (χ0) is 14.5. The molecule has 0 aromatic heterocycles. The van der Waals surface area contributed by atoms with Gasteiger partial charge in [-0.1, -0.05) is 23.4 Å². The molecule has 0 saturated heterocycles. The summed E-state index contributed by atoms with van der Waals surface area (Å²) in [6, 6.07) is 9.74. The topological polar surface area (TPSA) is 67.8 Å². The minimum atomic E-state index is -0.703. The molecule has 0 fully saturated rings. The maximum absolute atomic E-state index is 13.0. The minimum Gasteiger partial charge on any atom is -0.489 e. The van der Waals surface area contributed by atoms with Crippen LogP contribution in [0.2, 0.25) is 0 Å². The predicted molar refractivity (Wildman–Crippen MR) is 69.6 cm³/mol. The summed E-state index contributed by atoms with van der Waals surface area (Å²) in [4.78, 5) is 0. The van der Waals surface area contributed by atoms with Gasteiger partial charge in [0.25, 0.3) is 0 Å². The van der Waals surface area contributed by atoms with Crippen LogP contribution in [0, 0.1) is 11.6 Å². The van der Waals surface area contributed by atoms with Crippen molar-refractivity contribution >= 4 is 5.84 Å². The maximum atomic E-state index is 13.0. The quantitative estimate of drug-likeness (QED) is 0.391. The molecule has 0 unspecified atom stereocenters. The van der Waals surface area contributed by atoms with E-state index in [1.807, 2.05) is 0 Å². The second kappa shape index (κ2) is 6.01. The zero-order valence-corrected chi connectivity index (χ0v) is 10.4. The number of halogens is 2. The van der Waals surface area contributed by atoms with E-state index in [0.29, 0.717) is 5.56 Å². The minimum absolute atomic E-state index is 0.0244. The number of oxime groups is 1. The first-order valence-corrected chi connectivity index (χ1v) is 5.74. The molecule has 0 saturated carbocycles. The SMILES string of the molecule is NC(=NO)c1cccc(COc2cc(F)cc(F)c2)c1. The Balaban J connectivity index is 2.11. The third-order valence-electron chi connectivity index (χ3n) is 2.57. The Morgan fingerprint density at radius 1 is 1.15 bits per heavy atom. The largest absolute Gasteiger partial charge is 0.489 e. The van der Waals surface area contributed by atoms with E-state index in [4.69, 9.17) is 15.7 Å². The van der Waals surface area contributed by atoms with Crippen LogP contribution >= 0.6 is 0 Å². The zero-order valence-electron chi connectivity index (χ0n) is 10.4. The Hall–Kier alpha value is -2.63. The molecule has 0 aliphatic carbocycles. The van der Waals surface area contributed by atoms with Crippen molar-refractivity contribution < 1.29 is 18.7 Å². The number of amidine groups is 1. The fourth-order valence-electron chi connectivity index (χ4n) is 1.66. The molecule has 4 nitrogen and oxygen atoms in total. The highest BCUT2D eigenvalue weighted by atomic mass is 19.1. The molecule has 0 bridgehead atoms. The normalized spacial score (nSPS) is 11.4. The summed E-state index contributed by atoms with van der Waals surface area (Å²) in [6.45, 7) is 0.107.